The Morgan fingerprint density at radius 1 is 1.57 bits per heavy atom. The summed E-state index contributed by atoms with van der Waals surface area (Å²) in [6, 6.07) is 4.95. The topological polar surface area (TPSA) is 87.5 Å². The van der Waals surface area contributed by atoms with Crippen molar-refractivity contribution in [2.45, 2.75) is 11.3 Å². The summed E-state index contributed by atoms with van der Waals surface area (Å²) < 4.78 is 1.56. The molecule has 0 spiro atoms. The van der Waals surface area contributed by atoms with Crippen molar-refractivity contribution in [1.29, 1.82) is 0 Å². The largest absolute Gasteiger partial charge is 0.507 e. The number of phenols is 1. The van der Waals surface area contributed by atoms with Gasteiger partial charge >= 0.3 is 0 Å². The van der Waals surface area contributed by atoms with Crippen molar-refractivity contribution in [3.8, 4) is 5.75 Å². The molecule has 2 rings (SSSR count). The summed E-state index contributed by atoms with van der Waals surface area (Å²) in [7, 11) is 0. The highest BCUT2D eigenvalue weighted by Crippen LogP contribution is 2.21. The van der Waals surface area contributed by atoms with Crippen molar-refractivity contribution in [3.63, 3.8) is 0 Å². The van der Waals surface area contributed by atoms with Gasteiger partial charge in [0.15, 0.2) is 4.34 Å². The van der Waals surface area contributed by atoms with Gasteiger partial charge in [0.25, 0.3) is 5.91 Å². The summed E-state index contributed by atoms with van der Waals surface area (Å²) >= 11 is 6.04. The Morgan fingerprint density at radius 3 is 3.10 bits per heavy atom. The van der Waals surface area contributed by atoms with Crippen molar-refractivity contribution in [1.82, 2.24) is 15.6 Å². The van der Waals surface area contributed by atoms with Crippen molar-refractivity contribution >= 4 is 51.2 Å². The Hall–Kier alpha value is -1.45. The summed E-state index contributed by atoms with van der Waals surface area (Å²) in [6.07, 6.45) is 1.39. The van der Waals surface area contributed by atoms with Crippen LogP contribution in [0.1, 0.15) is 10.6 Å². The van der Waals surface area contributed by atoms with Crippen molar-refractivity contribution < 1.29 is 9.90 Å². The summed E-state index contributed by atoms with van der Waals surface area (Å²) in [6.45, 7) is 1.86. The normalized spacial score (nSPS) is 11.0. The number of halogens is 1. The number of hydrogen-bond acceptors (Lipinski definition) is 7. The van der Waals surface area contributed by atoms with E-state index in [1.54, 1.807) is 18.2 Å². The zero-order valence-electron chi connectivity index (χ0n) is 10.9. The van der Waals surface area contributed by atoms with E-state index in [0.29, 0.717) is 5.56 Å². The second-order valence-electron chi connectivity index (χ2n) is 3.87. The number of nitrogens with one attached hydrogen (secondary N) is 1. The molecule has 21 heavy (non-hydrogen) atoms. The summed E-state index contributed by atoms with van der Waals surface area (Å²) in [4.78, 5) is 11.6. The lowest BCUT2D eigenvalue weighted by atomic mass is 10.2. The zero-order chi connectivity index (χ0) is 15.2. The van der Waals surface area contributed by atoms with Gasteiger partial charge in [-0.15, -0.1) is 10.2 Å². The number of hydrogen-bond donors (Lipinski definition) is 2. The molecule has 2 aromatic rings. The van der Waals surface area contributed by atoms with Gasteiger partial charge in [-0.05, 0) is 25.1 Å². The van der Waals surface area contributed by atoms with E-state index in [1.165, 1.54) is 29.3 Å². The van der Waals surface area contributed by atoms with Crippen LogP contribution in [0.15, 0.2) is 32.1 Å². The number of amides is 1. The van der Waals surface area contributed by atoms with Gasteiger partial charge in [0.2, 0.25) is 0 Å². The van der Waals surface area contributed by atoms with Crippen LogP contribution in [-0.2, 0) is 4.79 Å². The summed E-state index contributed by atoms with van der Waals surface area (Å²) in [5.74, 6) is 0.0460. The third-order valence-electron chi connectivity index (χ3n) is 2.22. The van der Waals surface area contributed by atoms with E-state index in [4.69, 9.17) is 0 Å². The summed E-state index contributed by atoms with van der Waals surface area (Å²) in [5.41, 5.74) is 2.91. The number of hydrazone groups is 1. The Morgan fingerprint density at radius 2 is 2.38 bits per heavy atom. The highest BCUT2D eigenvalue weighted by Gasteiger charge is 2.05. The molecule has 1 heterocycles. The van der Waals surface area contributed by atoms with Crippen LogP contribution in [0.2, 0.25) is 0 Å². The summed E-state index contributed by atoms with van der Waals surface area (Å²) in [5, 5.41) is 22.1. The number of phenolic OH excluding ortho intramolecular Hbond substituents is 1. The van der Waals surface area contributed by atoms with Crippen LogP contribution in [0.4, 0.5) is 0 Å². The average molecular weight is 387 g/mol. The fourth-order valence-corrected chi connectivity index (χ4v) is 3.29. The first kappa shape index (κ1) is 15.9. The van der Waals surface area contributed by atoms with Crippen LogP contribution in [0, 0.1) is 6.92 Å². The lowest BCUT2D eigenvalue weighted by Gasteiger charge is -2.00. The third kappa shape index (κ3) is 5.10. The van der Waals surface area contributed by atoms with Gasteiger partial charge in [-0.3, -0.25) is 4.79 Å². The third-order valence-corrected chi connectivity index (χ3v) is 4.68. The number of carbonyl (C=O) groups is 1. The molecule has 0 radical (unpaired) electrons. The van der Waals surface area contributed by atoms with E-state index in [1.807, 2.05) is 6.92 Å². The van der Waals surface area contributed by atoms with E-state index >= 15 is 0 Å². The zero-order valence-corrected chi connectivity index (χ0v) is 14.1. The number of aromatic hydroxyl groups is 1. The molecule has 110 valence electrons. The maximum atomic E-state index is 11.6. The second kappa shape index (κ2) is 7.53. The SMILES string of the molecule is Cc1nnc(SCC(=O)N/N=C/c2cc(Br)ccc2O)s1. The molecule has 0 aliphatic carbocycles. The maximum Gasteiger partial charge on any atom is 0.250 e. The van der Waals surface area contributed by atoms with Gasteiger partial charge in [-0.25, -0.2) is 5.43 Å². The number of carbonyl (C=O) groups excluding carboxylic acids is 1. The van der Waals surface area contributed by atoms with Crippen LogP contribution >= 0.6 is 39.0 Å². The molecule has 0 aliphatic heterocycles. The molecular formula is C12H11BrN4O2S2. The minimum atomic E-state index is -0.251. The predicted octanol–water partition coefficient (Wildman–Crippen LogP) is 2.56. The Balaban J connectivity index is 1.83. The quantitative estimate of drug-likeness (QED) is 0.468. The number of benzene rings is 1. The number of aryl methyl sites for hydroxylation is 1. The molecule has 0 atom stereocenters. The molecule has 9 heteroatoms. The molecule has 1 aromatic heterocycles. The highest BCUT2D eigenvalue weighted by molar-refractivity contribution is 9.10. The lowest BCUT2D eigenvalue weighted by molar-refractivity contribution is -0.118. The van der Waals surface area contributed by atoms with E-state index in [9.17, 15) is 9.90 Å². The van der Waals surface area contributed by atoms with Gasteiger partial charge < -0.3 is 5.11 Å². The van der Waals surface area contributed by atoms with Crippen LogP contribution in [0.25, 0.3) is 0 Å². The standard InChI is InChI=1S/C12H11BrN4O2S2/c1-7-15-17-12(21-7)20-6-11(19)16-14-5-8-4-9(13)2-3-10(8)18/h2-5,18H,6H2,1H3,(H,16,19)/b14-5+. The van der Waals surface area contributed by atoms with Crippen molar-refractivity contribution in [2.24, 2.45) is 5.10 Å². The first-order valence-electron chi connectivity index (χ1n) is 5.78. The van der Waals surface area contributed by atoms with E-state index in [0.717, 1.165) is 13.8 Å². The molecule has 1 amide bonds. The maximum absolute atomic E-state index is 11.6. The molecule has 0 saturated carbocycles. The smallest absolute Gasteiger partial charge is 0.250 e. The molecule has 0 bridgehead atoms. The molecule has 0 fully saturated rings. The molecule has 2 N–H and O–H groups in total. The molecule has 0 saturated heterocycles. The van der Waals surface area contributed by atoms with Crippen LogP contribution in [0.3, 0.4) is 0 Å². The Labute approximate surface area is 137 Å². The Bertz CT molecular complexity index is 675. The minimum absolute atomic E-state index is 0.0925. The molecule has 6 nitrogen and oxygen atoms in total. The van der Waals surface area contributed by atoms with Gasteiger partial charge in [-0.1, -0.05) is 39.0 Å². The van der Waals surface area contributed by atoms with Gasteiger partial charge in [-0.2, -0.15) is 5.10 Å². The molecule has 0 aliphatic rings. The van der Waals surface area contributed by atoms with Crippen LogP contribution < -0.4 is 5.43 Å². The Kier molecular flexibility index (Phi) is 5.71. The fourth-order valence-electron chi connectivity index (χ4n) is 1.30. The van der Waals surface area contributed by atoms with Crippen LogP contribution in [-0.4, -0.2) is 33.2 Å². The first-order chi connectivity index (χ1) is 10.0. The lowest BCUT2D eigenvalue weighted by Crippen LogP contribution is -2.19. The van der Waals surface area contributed by atoms with Gasteiger partial charge in [0, 0.05) is 10.0 Å². The molecular weight excluding hydrogens is 376 g/mol. The monoisotopic (exact) mass is 386 g/mol. The number of nitrogens with zero attached hydrogens (tertiary/aromatic N) is 3. The average Bonchev–Trinajstić information content (AvgIpc) is 2.86. The molecule has 0 unspecified atom stereocenters. The number of thioether (sulfide) groups is 1. The number of aromatic nitrogens is 2. The van der Waals surface area contributed by atoms with Crippen LogP contribution in [0.5, 0.6) is 5.75 Å². The van der Waals surface area contributed by atoms with Crippen molar-refractivity contribution in [2.75, 3.05) is 5.75 Å². The second-order valence-corrected chi connectivity index (χ2v) is 7.19. The highest BCUT2D eigenvalue weighted by atomic mass is 79.9. The minimum Gasteiger partial charge on any atom is -0.507 e. The van der Waals surface area contributed by atoms with Crippen molar-refractivity contribution in [3.05, 3.63) is 33.2 Å². The van der Waals surface area contributed by atoms with E-state index in [-0.39, 0.29) is 17.4 Å². The predicted molar refractivity (Wildman–Crippen MR) is 86.9 cm³/mol. The number of rotatable bonds is 5. The van der Waals surface area contributed by atoms with E-state index < -0.39 is 0 Å². The van der Waals surface area contributed by atoms with E-state index in [2.05, 4.69) is 36.7 Å². The first-order valence-corrected chi connectivity index (χ1v) is 8.37. The fraction of sp³-hybridized carbons (Fsp3) is 0.167. The molecule has 1 aromatic carbocycles. The van der Waals surface area contributed by atoms with Gasteiger partial charge in [0.05, 0.1) is 12.0 Å². The van der Waals surface area contributed by atoms with Gasteiger partial charge in [0.1, 0.15) is 10.8 Å².